The van der Waals surface area contributed by atoms with E-state index >= 15 is 0 Å². The molecule has 0 unspecified atom stereocenters. The van der Waals surface area contributed by atoms with Crippen molar-refractivity contribution < 1.29 is 17.9 Å². The van der Waals surface area contributed by atoms with Crippen molar-refractivity contribution in [1.82, 2.24) is 9.29 Å². The second-order valence-electron chi connectivity index (χ2n) is 4.28. The van der Waals surface area contributed by atoms with E-state index in [1.54, 1.807) is 31.5 Å². The highest BCUT2D eigenvalue weighted by Crippen LogP contribution is 2.10. The van der Waals surface area contributed by atoms with Crippen LogP contribution >= 0.6 is 0 Å². The minimum atomic E-state index is -3.37. The van der Waals surface area contributed by atoms with Gasteiger partial charge in [-0.05, 0) is 24.1 Å². The molecular formula is C13H20N2O4S. The highest BCUT2D eigenvalue weighted by atomic mass is 32.2. The van der Waals surface area contributed by atoms with E-state index in [0.29, 0.717) is 13.1 Å². The fraction of sp³-hybridized carbons (Fsp3) is 0.538. The van der Waals surface area contributed by atoms with Gasteiger partial charge in [0.05, 0.1) is 12.9 Å². The van der Waals surface area contributed by atoms with Crippen LogP contribution in [0.5, 0.6) is 0 Å². The van der Waals surface area contributed by atoms with Gasteiger partial charge in [-0.15, -0.1) is 0 Å². The molecule has 0 amide bonds. The summed E-state index contributed by atoms with van der Waals surface area (Å²) >= 11 is 0. The average Bonchev–Trinajstić information content (AvgIpc) is 2.45. The minimum Gasteiger partial charge on any atom is -0.469 e. The van der Waals surface area contributed by atoms with Gasteiger partial charge in [0.2, 0.25) is 10.0 Å². The highest BCUT2D eigenvalue weighted by molar-refractivity contribution is 7.89. The van der Waals surface area contributed by atoms with E-state index in [4.69, 9.17) is 0 Å². The molecule has 0 radical (unpaired) electrons. The van der Waals surface area contributed by atoms with Crippen LogP contribution in [0.3, 0.4) is 0 Å². The summed E-state index contributed by atoms with van der Waals surface area (Å²) in [5.41, 5.74) is 0.887. The van der Waals surface area contributed by atoms with Crippen LogP contribution in [-0.2, 0) is 26.1 Å². The van der Waals surface area contributed by atoms with Crippen LogP contribution in [0.25, 0.3) is 0 Å². The first kappa shape index (κ1) is 16.6. The summed E-state index contributed by atoms with van der Waals surface area (Å²) in [7, 11) is -2.08. The normalized spacial score (nSPS) is 11.6. The second-order valence-corrected chi connectivity index (χ2v) is 6.37. The molecule has 0 bridgehead atoms. The number of methoxy groups -OCH3 is 1. The van der Waals surface area contributed by atoms with Crippen molar-refractivity contribution in [2.45, 2.75) is 26.3 Å². The third kappa shape index (κ3) is 5.26. The molecule has 0 N–H and O–H groups in total. The van der Waals surface area contributed by atoms with E-state index in [1.807, 2.05) is 0 Å². The number of nitrogens with zero attached hydrogens (tertiary/aromatic N) is 2. The van der Waals surface area contributed by atoms with Gasteiger partial charge in [-0.2, -0.15) is 4.31 Å². The number of hydrogen-bond donors (Lipinski definition) is 0. The quantitative estimate of drug-likeness (QED) is 0.674. The Kier molecular flexibility index (Phi) is 6.60. The summed E-state index contributed by atoms with van der Waals surface area (Å²) in [5, 5.41) is 0. The van der Waals surface area contributed by atoms with Gasteiger partial charge in [-0.25, -0.2) is 8.42 Å². The number of esters is 1. The maximum Gasteiger partial charge on any atom is 0.305 e. The summed E-state index contributed by atoms with van der Waals surface area (Å²) in [4.78, 5) is 14.9. The van der Waals surface area contributed by atoms with E-state index in [1.165, 1.54) is 11.4 Å². The van der Waals surface area contributed by atoms with Crippen LogP contribution in [0.4, 0.5) is 0 Å². The van der Waals surface area contributed by atoms with E-state index in [0.717, 1.165) is 5.56 Å². The molecule has 112 valence electrons. The number of carbonyl (C=O) groups is 1. The molecule has 0 saturated heterocycles. The van der Waals surface area contributed by atoms with Crippen molar-refractivity contribution in [3.63, 3.8) is 0 Å². The molecule has 0 atom stereocenters. The van der Waals surface area contributed by atoms with Crippen LogP contribution in [0.15, 0.2) is 24.5 Å². The lowest BCUT2D eigenvalue weighted by atomic mass is 10.3. The Morgan fingerprint density at radius 3 is 2.55 bits per heavy atom. The Labute approximate surface area is 119 Å². The summed E-state index contributed by atoms with van der Waals surface area (Å²) in [6, 6.07) is 3.57. The largest absolute Gasteiger partial charge is 0.469 e. The van der Waals surface area contributed by atoms with E-state index in [-0.39, 0.29) is 18.6 Å². The molecule has 1 aromatic heterocycles. The Bertz CT molecular complexity index is 516. The molecule has 1 aromatic rings. The van der Waals surface area contributed by atoms with Crippen molar-refractivity contribution in [2.24, 2.45) is 0 Å². The van der Waals surface area contributed by atoms with Crippen LogP contribution in [-0.4, -0.2) is 43.1 Å². The Balaban J connectivity index is 2.60. The zero-order valence-electron chi connectivity index (χ0n) is 11.8. The number of ether oxygens (including phenoxy) is 1. The summed E-state index contributed by atoms with van der Waals surface area (Å²) < 4.78 is 30.3. The second kappa shape index (κ2) is 7.96. The van der Waals surface area contributed by atoms with Crippen molar-refractivity contribution >= 4 is 16.0 Å². The first-order chi connectivity index (χ1) is 9.49. The minimum absolute atomic E-state index is 0.0545. The molecule has 1 rings (SSSR count). The van der Waals surface area contributed by atoms with Crippen molar-refractivity contribution in [3.8, 4) is 0 Å². The summed E-state index contributed by atoms with van der Waals surface area (Å²) in [6.45, 7) is 2.50. The molecule has 0 saturated carbocycles. The van der Waals surface area contributed by atoms with Gasteiger partial charge in [0.15, 0.2) is 0 Å². The maximum atomic E-state index is 12.2. The monoisotopic (exact) mass is 300 g/mol. The Hall–Kier alpha value is -1.47. The van der Waals surface area contributed by atoms with Gasteiger partial charge in [-0.1, -0.05) is 6.92 Å². The molecule has 0 aliphatic carbocycles. The van der Waals surface area contributed by atoms with Crippen molar-refractivity contribution in [3.05, 3.63) is 30.1 Å². The molecule has 0 aliphatic rings. The smallest absolute Gasteiger partial charge is 0.305 e. The summed E-state index contributed by atoms with van der Waals surface area (Å²) in [5.74, 6) is -0.446. The first-order valence-electron chi connectivity index (χ1n) is 6.43. The molecule has 6 nitrogen and oxygen atoms in total. The van der Waals surface area contributed by atoms with Crippen molar-refractivity contribution in [2.75, 3.05) is 19.4 Å². The first-order valence-corrected chi connectivity index (χ1v) is 8.04. The molecule has 7 heteroatoms. The fourth-order valence-electron chi connectivity index (χ4n) is 1.73. The van der Waals surface area contributed by atoms with Crippen LogP contribution in [0.1, 0.15) is 25.3 Å². The van der Waals surface area contributed by atoms with Crippen LogP contribution in [0, 0.1) is 0 Å². The van der Waals surface area contributed by atoms with Crippen LogP contribution < -0.4 is 0 Å². The van der Waals surface area contributed by atoms with Gasteiger partial charge in [-0.3, -0.25) is 9.78 Å². The molecule has 0 aromatic carbocycles. The zero-order valence-corrected chi connectivity index (χ0v) is 12.6. The van der Waals surface area contributed by atoms with Crippen molar-refractivity contribution in [1.29, 1.82) is 0 Å². The fourth-order valence-corrected chi connectivity index (χ4v) is 3.24. The number of aromatic nitrogens is 1. The standard InChI is InChI=1S/C13H20N2O4S/c1-3-15(11-12-6-8-14-9-7-12)20(17,18)10-4-5-13(16)19-2/h6-9H,3-5,10-11H2,1-2H3. The average molecular weight is 300 g/mol. The molecule has 20 heavy (non-hydrogen) atoms. The third-order valence-corrected chi connectivity index (χ3v) is 4.84. The number of rotatable bonds is 8. The van der Waals surface area contributed by atoms with E-state index in [2.05, 4.69) is 9.72 Å². The van der Waals surface area contributed by atoms with Gasteiger partial charge in [0, 0.05) is 31.9 Å². The molecular weight excluding hydrogens is 280 g/mol. The van der Waals surface area contributed by atoms with Gasteiger partial charge >= 0.3 is 5.97 Å². The third-order valence-electron chi connectivity index (χ3n) is 2.87. The lowest BCUT2D eigenvalue weighted by Gasteiger charge is -2.20. The maximum absolute atomic E-state index is 12.2. The summed E-state index contributed by atoms with van der Waals surface area (Å²) in [6.07, 6.45) is 3.64. The SMILES string of the molecule is CCN(Cc1ccncc1)S(=O)(=O)CCCC(=O)OC. The van der Waals surface area contributed by atoms with Gasteiger partial charge in [0.1, 0.15) is 0 Å². The number of sulfonamides is 1. The predicted octanol–water partition coefficient (Wildman–Crippen LogP) is 1.19. The van der Waals surface area contributed by atoms with Gasteiger partial charge < -0.3 is 4.74 Å². The number of pyridine rings is 1. The molecule has 1 heterocycles. The Morgan fingerprint density at radius 2 is 2.00 bits per heavy atom. The topological polar surface area (TPSA) is 76.6 Å². The molecule has 0 spiro atoms. The van der Waals surface area contributed by atoms with E-state index < -0.39 is 16.0 Å². The van der Waals surface area contributed by atoms with Gasteiger partial charge in [0.25, 0.3) is 0 Å². The molecule has 0 aliphatic heterocycles. The van der Waals surface area contributed by atoms with Crippen LogP contribution in [0.2, 0.25) is 0 Å². The Morgan fingerprint density at radius 1 is 1.35 bits per heavy atom. The highest BCUT2D eigenvalue weighted by Gasteiger charge is 2.20. The lowest BCUT2D eigenvalue weighted by molar-refractivity contribution is -0.140. The predicted molar refractivity (Wildman–Crippen MR) is 75.4 cm³/mol. The number of carbonyl (C=O) groups excluding carboxylic acids is 1. The zero-order chi connectivity index (χ0) is 15.0. The van der Waals surface area contributed by atoms with E-state index in [9.17, 15) is 13.2 Å². The number of hydrogen-bond acceptors (Lipinski definition) is 5. The lowest BCUT2D eigenvalue weighted by Crippen LogP contribution is -2.32. The molecule has 0 fully saturated rings.